The van der Waals surface area contributed by atoms with Crippen LogP contribution in [0.1, 0.15) is 37.1 Å². The predicted octanol–water partition coefficient (Wildman–Crippen LogP) is 4.76. The highest BCUT2D eigenvalue weighted by atomic mass is 35.5. The second-order valence-corrected chi connectivity index (χ2v) is 7.15. The number of thiol groups is 1. The van der Waals surface area contributed by atoms with Crippen LogP contribution >= 0.6 is 24.2 Å². The van der Waals surface area contributed by atoms with Gasteiger partial charge in [-0.25, -0.2) is 0 Å². The lowest BCUT2D eigenvalue weighted by Gasteiger charge is -2.38. The Labute approximate surface area is 163 Å². The maximum Gasteiger partial charge on any atom is 0.266 e. The summed E-state index contributed by atoms with van der Waals surface area (Å²) in [5.74, 6) is -0.0531. The number of hydrogen-bond acceptors (Lipinski definition) is 4. The Bertz CT molecular complexity index is 915. The van der Waals surface area contributed by atoms with E-state index >= 15 is 0 Å². The lowest BCUT2D eigenvalue weighted by Crippen LogP contribution is -2.46. The van der Waals surface area contributed by atoms with Crippen molar-refractivity contribution < 1.29 is 4.79 Å². The van der Waals surface area contributed by atoms with Crippen LogP contribution in [0, 0.1) is 11.3 Å². The highest BCUT2D eigenvalue weighted by Crippen LogP contribution is 2.38. The minimum Gasteiger partial charge on any atom is -0.327 e. The quantitative estimate of drug-likeness (QED) is 0.751. The minimum atomic E-state index is -0.550. The molecule has 2 aromatic rings. The molecule has 26 heavy (non-hydrogen) atoms. The lowest BCUT2D eigenvalue weighted by atomic mass is 10.0. The minimum absolute atomic E-state index is 0.0235. The Kier molecular flexibility index (Phi) is 5.26. The highest BCUT2D eigenvalue weighted by Gasteiger charge is 2.34. The van der Waals surface area contributed by atoms with Crippen molar-refractivity contribution in [3.63, 3.8) is 0 Å². The summed E-state index contributed by atoms with van der Waals surface area (Å²) in [4.78, 5) is 14.2. The smallest absolute Gasteiger partial charge is 0.266 e. The number of rotatable bonds is 3. The number of nitriles is 1. The fraction of sp³-hybridized carbons (Fsp3) is 0.200. The van der Waals surface area contributed by atoms with Gasteiger partial charge in [-0.15, -0.1) is 12.6 Å². The van der Waals surface area contributed by atoms with Crippen molar-refractivity contribution in [3.8, 4) is 6.07 Å². The monoisotopic (exact) mass is 383 g/mol. The molecule has 6 heteroatoms. The van der Waals surface area contributed by atoms with Gasteiger partial charge < -0.3 is 10.2 Å². The molecule has 1 atom stereocenters. The van der Waals surface area contributed by atoms with Crippen molar-refractivity contribution in [1.82, 2.24) is 5.32 Å². The zero-order valence-electron chi connectivity index (χ0n) is 14.4. The summed E-state index contributed by atoms with van der Waals surface area (Å²) in [7, 11) is 0. The fourth-order valence-electron chi connectivity index (χ4n) is 2.91. The SMILES string of the molecule is CC(C)c1ccc(N2C(S)=C(C#N)C(=O)NC2c2ccccc2Cl)cc1. The topological polar surface area (TPSA) is 56.1 Å². The summed E-state index contributed by atoms with van der Waals surface area (Å²) in [5, 5.41) is 13.1. The number of nitrogens with zero attached hydrogens (tertiary/aromatic N) is 2. The third-order valence-electron chi connectivity index (χ3n) is 4.35. The molecular formula is C20H18ClN3OS. The highest BCUT2D eigenvalue weighted by molar-refractivity contribution is 7.84. The van der Waals surface area contributed by atoms with Gasteiger partial charge in [0.1, 0.15) is 17.8 Å². The molecule has 1 N–H and O–H groups in total. The van der Waals surface area contributed by atoms with Gasteiger partial charge in [-0.05, 0) is 29.7 Å². The first kappa shape index (κ1) is 18.4. The number of hydrogen-bond donors (Lipinski definition) is 2. The first-order valence-corrected chi connectivity index (χ1v) is 9.04. The second-order valence-electron chi connectivity index (χ2n) is 6.32. The van der Waals surface area contributed by atoms with Crippen LogP contribution in [0.15, 0.2) is 59.1 Å². The maximum absolute atomic E-state index is 12.3. The summed E-state index contributed by atoms with van der Waals surface area (Å²) >= 11 is 10.9. The van der Waals surface area contributed by atoms with E-state index in [-0.39, 0.29) is 5.57 Å². The Morgan fingerprint density at radius 2 is 1.85 bits per heavy atom. The molecule has 2 aromatic carbocycles. The average molecular weight is 384 g/mol. The Hall–Kier alpha value is -2.42. The number of anilines is 1. The molecule has 1 aliphatic heterocycles. The summed E-state index contributed by atoms with van der Waals surface area (Å²) < 4.78 is 0. The van der Waals surface area contributed by atoms with Crippen molar-refractivity contribution in [2.24, 2.45) is 0 Å². The molecule has 3 rings (SSSR count). The lowest BCUT2D eigenvalue weighted by molar-refractivity contribution is -0.118. The van der Waals surface area contributed by atoms with Crippen LogP contribution in [-0.2, 0) is 4.79 Å². The molecule has 0 saturated heterocycles. The number of benzene rings is 2. The first-order chi connectivity index (χ1) is 12.4. The molecule has 132 valence electrons. The standard InChI is InChI=1S/C20H18ClN3OS/c1-12(2)13-7-9-14(10-8-13)24-18(15-5-3-4-6-17(15)21)23-19(25)16(11-22)20(24)26/h3-10,12,18,26H,1-2H3,(H,23,25). The largest absolute Gasteiger partial charge is 0.327 e. The van der Waals surface area contributed by atoms with Crippen LogP contribution in [0.5, 0.6) is 0 Å². The van der Waals surface area contributed by atoms with Crippen LogP contribution in [-0.4, -0.2) is 5.91 Å². The first-order valence-electron chi connectivity index (χ1n) is 8.22. The van der Waals surface area contributed by atoms with Gasteiger partial charge in [0, 0.05) is 16.3 Å². The zero-order chi connectivity index (χ0) is 18.8. The summed E-state index contributed by atoms with van der Waals surface area (Å²) in [5.41, 5.74) is 2.73. The van der Waals surface area contributed by atoms with Crippen molar-refractivity contribution in [2.45, 2.75) is 25.9 Å². The molecule has 0 bridgehead atoms. The van der Waals surface area contributed by atoms with E-state index in [1.807, 2.05) is 53.4 Å². The van der Waals surface area contributed by atoms with Crippen LogP contribution in [0.4, 0.5) is 5.69 Å². The van der Waals surface area contributed by atoms with Crippen LogP contribution < -0.4 is 10.2 Å². The Balaban J connectivity index is 2.14. The van der Waals surface area contributed by atoms with E-state index in [1.54, 1.807) is 6.07 Å². The third kappa shape index (κ3) is 3.31. The van der Waals surface area contributed by atoms with Crippen molar-refractivity contribution in [1.29, 1.82) is 5.26 Å². The summed E-state index contributed by atoms with van der Waals surface area (Å²) in [6.45, 7) is 4.25. The van der Waals surface area contributed by atoms with Crippen LogP contribution in [0.3, 0.4) is 0 Å². The molecule has 4 nitrogen and oxygen atoms in total. The molecule has 0 aliphatic carbocycles. The average Bonchev–Trinajstić information content (AvgIpc) is 2.62. The summed E-state index contributed by atoms with van der Waals surface area (Å²) in [6.07, 6.45) is -0.550. The van der Waals surface area contributed by atoms with Crippen LogP contribution in [0.2, 0.25) is 5.02 Å². The van der Waals surface area contributed by atoms with Crippen molar-refractivity contribution >= 4 is 35.8 Å². The molecule has 1 amide bonds. The number of carbonyl (C=O) groups is 1. The van der Waals surface area contributed by atoms with E-state index in [9.17, 15) is 10.1 Å². The molecule has 0 spiro atoms. The fourth-order valence-corrected chi connectivity index (χ4v) is 3.53. The number of carbonyl (C=O) groups excluding carboxylic acids is 1. The normalized spacial score (nSPS) is 17.3. The predicted molar refractivity (Wildman–Crippen MR) is 107 cm³/mol. The molecule has 0 aromatic heterocycles. The van der Waals surface area contributed by atoms with E-state index in [2.05, 4.69) is 31.8 Å². The van der Waals surface area contributed by atoms with E-state index in [4.69, 9.17) is 11.6 Å². The maximum atomic E-state index is 12.3. The molecule has 1 aliphatic rings. The molecule has 1 heterocycles. The Morgan fingerprint density at radius 1 is 1.19 bits per heavy atom. The van der Waals surface area contributed by atoms with Gasteiger partial charge in [0.05, 0.1) is 5.03 Å². The van der Waals surface area contributed by atoms with Gasteiger partial charge in [0.2, 0.25) is 0 Å². The van der Waals surface area contributed by atoms with E-state index in [0.717, 1.165) is 11.3 Å². The molecule has 0 radical (unpaired) electrons. The van der Waals surface area contributed by atoms with Gasteiger partial charge in [0.15, 0.2) is 0 Å². The van der Waals surface area contributed by atoms with Gasteiger partial charge in [0.25, 0.3) is 5.91 Å². The van der Waals surface area contributed by atoms with E-state index in [0.29, 0.717) is 16.0 Å². The second kappa shape index (κ2) is 7.45. The number of halogens is 1. The van der Waals surface area contributed by atoms with Crippen LogP contribution in [0.25, 0.3) is 0 Å². The number of amides is 1. The summed E-state index contributed by atoms with van der Waals surface area (Å²) in [6, 6.07) is 17.2. The van der Waals surface area contributed by atoms with Gasteiger partial charge in [-0.1, -0.05) is 55.8 Å². The molecule has 0 saturated carbocycles. The van der Waals surface area contributed by atoms with E-state index < -0.39 is 12.1 Å². The van der Waals surface area contributed by atoms with Gasteiger partial charge >= 0.3 is 0 Å². The van der Waals surface area contributed by atoms with Gasteiger partial charge in [-0.3, -0.25) is 4.79 Å². The van der Waals surface area contributed by atoms with E-state index in [1.165, 1.54) is 5.56 Å². The van der Waals surface area contributed by atoms with Gasteiger partial charge in [-0.2, -0.15) is 5.26 Å². The molecule has 1 unspecified atom stereocenters. The third-order valence-corrected chi connectivity index (χ3v) is 5.14. The molecular weight excluding hydrogens is 366 g/mol. The Morgan fingerprint density at radius 3 is 2.42 bits per heavy atom. The molecule has 0 fully saturated rings. The van der Waals surface area contributed by atoms with Crippen molar-refractivity contribution in [2.75, 3.05) is 4.90 Å². The number of nitrogens with one attached hydrogen (secondary N) is 1. The van der Waals surface area contributed by atoms with Crippen molar-refractivity contribution in [3.05, 3.63) is 75.3 Å². The zero-order valence-corrected chi connectivity index (χ0v) is 16.1.